The normalized spacial score (nSPS) is 10.6. The molecule has 0 aliphatic rings. The highest BCUT2D eigenvalue weighted by atomic mass is 16.5. The third kappa shape index (κ3) is 3.10. The number of aryl methyl sites for hydroxylation is 2. The van der Waals surface area contributed by atoms with Crippen LogP contribution in [0.4, 0.5) is 0 Å². The van der Waals surface area contributed by atoms with Crippen molar-refractivity contribution in [2.45, 2.75) is 33.4 Å². The van der Waals surface area contributed by atoms with E-state index < -0.39 is 11.7 Å². The molecule has 0 spiro atoms. The van der Waals surface area contributed by atoms with Gasteiger partial charge in [-0.15, -0.1) is 5.10 Å². The average molecular weight is 292 g/mol. The summed E-state index contributed by atoms with van der Waals surface area (Å²) < 4.78 is 6.60. The number of tetrazole rings is 1. The molecule has 21 heavy (non-hydrogen) atoms. The molecule has 2 N–H and O–H groups in total. The second-order valence-electron chi connectivity index (χ2n) is 4.52. The number of carbonyl (C=O) groups excluding carboxylic acids is 1. The lowest BCUT2D eigenvalue weighted by Gasteiger charge is -2.08. The van der Waals surface area contributed by atoms with Crippen molar-refractivity contribution in [1.29, 1.82) is 0 Å². The molecule has 0 atom stereocenters. The monoisotopic (exact) mass is 292 g/mol. The number of nitrogens with zero attached hydrogens (tertiary/aromatic N) is 4. The van der Waals surface area contributed by atoms with Gasteiger partial charge in [-0.2, -0.15) is 0 Å². The zero-order chi connectivity index (χ0) is 15.4. The van der Waals surface area contributed by atoms with E-state index in [4.69, 9.17) is 4.74 Å². The van der Waals surface area contributed by atoms with Gasteiger partial charge in [-0.1, -0.05) is 13.0 Å². The predicted molar refractivity (Wildman–Crippen MR) is 71.7 cm³/mol. The molecule has 2 rings (SSSR count). The fourth-order valence-electron chi connectivity index (χ4n) is 1.77. The number of carbonyl (C=O) groups is 1. The lowest BCUT2D eigenvalue weighted by Crippen LogP contribution is -2.11. The van der Waals surface area contributed by atoms with Gasteiger partial charge in [0.1, 0.15) is 5.56 Å². The Bertz CT molecular complexity index is 654. The third-order valence-electron chi connectivity index (χ3n) is 2.95. The maximum absolute atomic E-state index is 11.9. The Labute approximate surface area is 121 Å². The van der Waals surface area contributed by atoms with Gasteiger partial charge in [-0.25, -0.2) is 9.48 Å². The molecule has 2 aromatic rings. The Morgan fingerprint density at radius 3 is 2.81 bits per heavy atom. The molecule has 0 saturated carbocycles. The predicted octanol–water partition coefficient (Wildman–Crippen LogP) is 1.16. The third-order valence-corrected chi connectivity index (χ3v) is 2.95. The minimum atomic E-state index is -0.756. The highest BCUT2D eigenvalue weighted by Crippen LogP contribution is 2.32. The molecule has 0 saturated heterocycles. The van der Waals surface area contributed by atoms with E-state index in [0.29, 0.717) is 17.9 Å². The summed E-state index contributed by atoms with van der Waals surface area (Å²) in [5, 5.41) is 30.4. The van der Waals surface area contributed by atoms with Gasteiger partial charge in [0.15, 0.2) is 23.9 Å². The summed E-state index contributed by atoms with van der Waals surface area (Å²) in [5.74, 6) is -1.16. The second-order valence-corrected chi connectivity index (χ2v) is 4.52. The fraction of sp³-hybridized carbons (Fsp3) is 0.385. The van der Waals surface area contributed by atoms with E-state index in [-0.39, 0.29) is 17.9 Å². The van der Waals surface area contributed by atoms with Gasteiger partial charge in [0.2, 0.25) is 0 Å². The van der Waals surface area contributed by atoms with E-state index in [1.807, 2.05) is 6.92 Å². The lowest BCUT2D eigenvalue weighted by molar-refractivity contribution is 0.0452. The minimum Gasteiger partial charge on any atom is -0.504 e. The molecule has 0 aliphatic carbocycles. The topological polar surface area (TPSA) is 110 Å². The Balaban J connectivity index is 2.09. The molecule has 0 aliphatic heterocycles. The highest BCUT2D eigenvalue weighted by Gasteiger charge is 2.18. The number of hydrogen-bond acceptors (Lipinski definition) is 7. The summed E-state index contributed by atoms with van der Waals surface area (Å²) in [4.78, 5) is 11.9. The number of hydrogen-bond donors (Lipinski definition) is 2. The Hall–Kier alpha value is -2.64. The van der Waals surface area contributed by atoms with E-state index in [1.54, 1.807) is 11.6 Å². The summed E-state index contributed by atoms with van der Waals surface area (Å²) >= 11 is 0. The zero-order valence-electron chi connectivity index (χ0n) is 11.8. The summed E-state index contributed by atoms with van der Waals surface area (Å²) in [7, 11) is 0. The van der Waals surface area contributed by atoms with Gasteiger partial charge in [0.05, 0.1) is 0 Å². The maximum atomic E-state index is 11.9. The molecule has 8 heteroatoms. The summed E-state index contributed by atoms with van der Waals surface area (Å²) in [6.45, 7) is 4.10. The lowest BCUT2D eigenvalue weighted by atomic mass is 10.1. The highest BCUT2D eigenvalue weighted by molar-refractivity contribution is 5.93. The first kappa shape index (κ1) is 14.8. The van der Waals surface area contributed by atoms with Crippen LogP contribution < -0.4 is 0 Å². The zero-order valence-corrected chi connectivity index (χ0v) is 11.8. The Morgan fingerprint density at radius 1 is 1.33 bits per heavy atom. The fourth-order valence-corrected chi connectivity index (χ4v) is 1.77. The van der Waals surface area contributed by atoms with Crippen LogP contribution in [0.3, 0.4) is 0 Å². The van der Waals surface area contributed by atoms with Crippen molar-refractivity contribution in [1.82, 2.24) is 20.2 Å². The summed E-state index contributed by atoms with van der Waals surface area (Å²) in [6.07, 6.45) is 0.846. The van der Waals surface area contributed by atoms with Crippen LogP contribution in [-0.4, -0.2) is 36.4 Å². The molecule has 1 aromatic heterocycles. The van der Waals surface area contributed by atoms with E-state index in [9.17, 15) is 15.0 Å². The molecule has 0 fully saturated rings. The van der Waals surface area contributed by atoms with Crippen molar-refractivity contribution in [2.24, 2.45) is 0 Å². The van der Waals surface area contributed by atoms with Crippen molar-refractivity contribution in [3.05, 3.63) is 29.1 Å². The number of phenolic OH excluding ortho intramolecular Hbond substituents is 2. The van der Waals surface area contributed by atoms with Crippen LogP contribution in [-0.2, 0) is 17.9 Å². The van der Waals surface area contributed by atoms with E-state index in [0.717, 1.165) is 6.42 Å². The van der Waals surface area contributed by atoms with Crippen LogP contribution in [0, 0.1) is 6.92 Å². The largest absolute Gasteiger partial charge is 0.504 e. The molecule has 1 aromatic carbocycles. The van der Waals surface area contributed by atoms with Crippen molar-refractivity contribution >= 4 is 5.97 Å². The van der Waals surface area contributed by atoms with Crippen LogP contribution in [0.25, 0.3) is 0 Å². The van der Waals surface area contributed by atoms with Gasteiger partial charge >= 0.3 is 5.97 Å². The first-order chi connectivity index (χ1) is 10.0. The van der Waals surface area contributed by atoms with Crippen molar-refractivity contribution in [3.63, 3.8) is 0 Å². The quantitative estimate of drug-likeness (QED) is 0.628. The van der Waals surface area contributed by atoms with Crippen LogP contribution in [0.15, 0.2) is 12.1 Å². The van der Waals surface area contributed by atoms with Crippen LogP contribution in [0.1, 0.15) is 35.1 Å². The molecule has 112 valence electrons. The number of ether oxygens (including phenoxy) is 1. The number of aromatic nitrogens is 4. The summed E-state index contributed by atoms with van der Waals surface area (Å²) in [5.41, 5.74) is 0.364. The van der Waals surface area contributed by atoms with Crippen molar-refractivity contribution < 1.29 is 19.7 Å². The first-order valence-electron chi connectivity index (χ1n) is 6.48. The molecular formula is C13H16N4O4. The number of phenols is 2. The van der Waals surface area contributed by atoms with Gasteiger partial charge in [0, 0.05) is 6.54 Å². The molecular weight excluding hydrogens is 276 g/mol. The molecule has 8 nitrogen and oxygen atoms in total. The first-order valence-corrected chi connectivity index (χ1v) is 6.48. The van der Waals surface area contributed by atoms with Crippen molar-refractivity contribution in [2.75, 3.05) is 0 Å². The van der Waals surface area contributed by atoms with Crippen LogP contribution in [0.2, 0.25) is 0 Å². The van der Waals surface area contributed by atoms with Crippen LogP contribution >= 0.6 is 0 Å². The van der Waals surface area contributed by atoms with Gasteiger partial charge in [0.25, 0.3) is 0 Å². The van der Waals surface area contributed by atoms with Crippen molar-refractivity contribution in [3.8, 4) is 11.5 Å². The van der Waals surface area contributed by atoms with Gasteiger partial charge in [-0.3, -0.25) is 0 Å². The molecule has 1 heterocycles. The second kappa shape index (κ2) is 6.21. The Morgan fingerprint density at radius 2 is 2.10 bits per heavy atom. The van der Waals surface area contributed by atoms with Gasteiger partial charge < -0.3 is 14.9 Å². The van der Waals surface area contributed by atoms with Gasteiger partial charge in [-0.05, 0) is 35.4 Å². The number of benzene rings is 1. The van der Waals surface area contributed by atoms with E-state index in [1.165, 1.54) is 12.1 Å². The average Bonchev–Trinajstić information content (AvgIpc) is 2.90. The summed E-state index contributed by atoms with van der Waals surface area (Å²) in [6, 6.07) is 2.91. The molecule has 0 bridgehead atoms. The number of rotatable bonds is 5. The number of esters is 1. The molecule has 0 unspecified atom stereocenters. The number of aromatic hydroxyl groups is 2. The smallest absolute Gasteiger partial charge is 0.342 e. The molecule has 0 radical (unpaired) electrons. The van der Waals surface area contributed by atoms with E-state index in [2.05, 4.69) is 15.5 Å². The SMILES string of the molecule is CCCn1nnnc1COC(=O)c1ccc(C)c(O)c1O. The standard InChI is InChI=1S/C13H16N4O4/c1-3-6-17-10(14-15-16-17)7-21-13(20)9-5-4-8(2)11(18)12(9)19/h4-5,18-19H,3,6-7H2,1-2H3. The maximum Gasteiger partial charge on any atom is 0.342 e. The Kier molecular flexibility index (Phi) is 4.36. The van der Waals surface area contributed by atoms with E-state index >= 15 is 0 Å². The minimum absolute atomic E-state index is 0.104. The van der Waals surface area contributed by atoms with Crippen LogP contribution in [0.5, 0.6) is 11.5 Å². The molecule has 0 amide bonds.